The third-order valence-electron chi connectivity index (χ3n) is 6.29. The van der Waals surface area contributed by atoms with Crippen LogP contribution in [-0.2, 0) is 15.0 Å². The first-order chi connectivity index (χ1) is 16.4. The molecule has 0 radical (unpaired) electrons. The standard InChI is InChI=1S/C25H32N4O5S/c1-14(2)12-25(23(32)33)17(13-30)19(28-26)20(21-27-9-10-35-21)29(25)22(31)15-7-8-16(24(3,4)5)18(11-15)34-6/h7-11,14,19-20,28H,12,26H2,1-6H3,(H,32,33)/t19-,20-,25+/m1/s1. The Morgan fingerprint density at radius 1 is 1.37 bits per heavy atom. The summed E-state index contributed by atoms with van der Waals surface area (Å²) in [6, 6.07) is 3.16. The number of hydrazine groups is 1. The molecule has 1 aromatic carbocycles. The van der Waals surface area contributed by atoms with E-state index in [9.17, 15) is 19.5 Å². The Hall–Kier alpha value is -3.04. The number of benzene rings is 1. The summed E-state index contributed by atoms with van der Waals surface area (Å²) in [6.07, 6.45) is 1.56. The van der Waals surface area contributed by atoms with E-state index in [4.69, 9.17) is 10.6 Å². The summed E-state index contributed by atoms with van der Waals surface area (Å²) in [7, 11) is 1.52. The van der Waals surface area contributed by atoms with Gasteiger partial charge in [0.2, 0.25) is 0 Å². The summed E-state index contributed by atoms with van der Waals surface area (Å²) in [4.78, 5) is 45.0. The van der Waals surface area contributed by atoms with Crippen LogP contribution in [0.3, 0.4) is 0 Å². The molecule has 1 fully saturated rings. The van der Waals surface area contributed by atoms with Crippen LogP contribution in [0, 0.1) is 5.92 Å². The summed E-state index contributed by atoms with van der Waals surface area (Å²) in [6.45, 7) is 9.75. The summed E-state index contributed by atoms with van der Waals surface area (Å²) in [5.41, 5.74) is 1.35. The number of carbonyl (C=O) groups excluding carboxylic acids is 2. The Kier molecular flexibility index (Phi) is 7.52. The summed E-state index contributed by atoms with van der Waals surface area (Å²) in [5.74, 6) is 6.11. The van der Waals surface area contributed by atoms with Crippen molar-refractivity contribution in [2.75, 3.05) is 7.11 Å². The molecule has 3 rings (SSSR count). The van der Waals surface area contributed by atoms with Crippen molar-refractivity contribution in [2.45, 2.75) is 64.1 Å². The first-order valence-electron chi connectivity index (χ1n) is 11.3. The fourth-order valence-electron chi connectivity index (χ4n) is 4.87. The van der Waals surface area contributed by atoms with Gasteiger partial charge in [0.05, 0.1) is 18.7 Å². The number of thiazole rings is 1. The maximum Gasteiger partial charge on any atom is 0.334 e. The molecule has 0 unspecified atom stereocenters. The number of methoxy groups -OCH3 is 1. The zero-order valence-corrected chi connectivity index (χ0v) is 21.6. The van der Waals surface area contributed by atoms with Crippen molar-refractivity contribution >= 4 is 29.2 Å². The van der Waals surface area contributed by atoms with Gasteiger partial charge < -0.3 is 14.7 Å². The second-order valence-corrected chi connectivity index (χ2v) is 11.0. The highest BCUT2D eigenvalue weighted by molar-refractivity contribution is 7.09. The minimum Gasteiger partial charge on any atom is -0.496 e. The van der Waals surface area contributed by atoms with Crippen molar-refractivity contribution in [3.63, 3.8) is 0 Å². The van der Waals surface area contributed by atoms with Crippen molar-refractivity contribution in [2.24, 2.45) is 11.8 Å². The second kappa shape index (κ2) is 9.91. The normalized spacial score (nSPS) is 22.4. The number of hydrogen-bond donors (Lipinski definition) is 3. The molecule has 188 valence electrons. The first-order valence-corrected chi connectivity index (χ1v) is 12.2. The molecular formula is C25H32N4O5S. The molecule has 35 heavy (non-hydrogen) atoms. The molecule has 0 aliphatic carbocycles. The number of carbonyl (C=O) groups is 2. The molecule has 1 amide bonds. The molecule has 0 bridgehead atoms. The Morgan fingerprint density at radius 3 is 2.51 bits per heavy atom. The van der Waals surface area contributed by atoms with E-state index in [-0.39, 0.29) is 28.9 Å². The number of aliphatic carboxylic acids is 1. The molecule has 0 saturated carbocycles. The molecule has 0 spiro atoms. The number of likely N-dealkylation sites (tertiary alicyclic amines) is 1. The van der Waals surface area contributed by atoms with Crippen LogP contribution in [0.5, 0.6) is 5.75 Å². The number of rotatable bonds is 7. The van der Waals surface area contributed by atoms with Crippen LogP contribution in [0.4, 0.5) is 0 Å². The molecule has 1 aliphatic heterocycles. The zero-order valence-electron chi connectivity index (χ0n) is 20.8. The van der Waals surface area contributed by atoms with E-state index in [1.54, 1.807) is 29.8 Å². The van der Waals surface area contributed by atoms with Gasteiger partial charge in [-0.25, -0.2) is 20.0 Å². The van der Waals surface area contributed by atoms with Gasteiger partial charge in [0.25, 0.3) is 5.91 Å². The van der Waals surface area contributed by atoms with E-state index in [0.29, 0.717) is 10.8 Å². The number of hydrogen-bond acceptors (Lipinski definition) is 8. The third-order valence-corrected chi connectivity index (χ3v) is 7.13. The fraction of sp³-hybridized carbons (Fsp3) is 0.480. The highest BCUT2D eigenvalue weighted by Gasteiger charge is 2.64. The summed E-state index contributed by atoms with van der Waals surface area (Å²) in [5, 5.41) is 12.7. The zero-order chi connectivity index (χ0) is 26.1. The Bertz CT molecular complexity index is 1150. The highest BCUT2D eigenvalue weighted by atomic mass is 32.1. The molecule has 4 N–H and O–H groups in total. The Morgan fingerprint density at radius 2 is 2.06 bits per heavy atom. The predicted molar refractivity (Wildman–Crippen MR) is 133 cm³/mol. The molecule has 1 aliphatic rings. The maximum absolute atomic E-state index is 14.2. The first kappa shape index (κ1) is 26.6. The van der Waals surface area contributed by atoms with E-state index < -0.39 is 29.5 Å². The summed E-state index contributed by atoms with van der Waals surface area (Å²) >= 11 is 1.25. The average molecular weight is 501 g/mol. The Balaban J connectivity index is 2.31. The number of carboxylic acids is 1. The molecule has 2 heterocycles. The van der Waals surface area contributed by atoms with E-state index in [0.717, 1.165) is 5.56 Å². The highest BCUT2D eigenvalue weighted by Crippen LogP contribution is 2.50. The van der Waals surface area contributed by atoms with Crippen LogP contribution in [0.15, 0.2) is 35.3 Å². The number of nitrogens with zero attached hydrogens (tertiary/aromatic N) is 2. The van der Waals surface area contributed by atoms with Gasteiger partial charge in [0, 0.05) is 17.1 Å². The molecule has 2 aromatic rings. The van der Waals surface area contributed by atoms with Crippen molar-refractivity contribution in [1.29, 1.82) is 0 Å². The van der Waals surface area contributed by atoms with E-state index in [1.807, 2.05) is 40.6 Å². The van der Waals surface area contributed by atoms with Crippen molar-refractivity contribution in [3.8, 4) is 5.75 Å². The van der Waals surface area contributed by atoms with Crippen molar-refractivity contribution in [3.05, 3.63) is 51.5 Å². The van der Waals surface area contributed by atoms with Crippen LogP contribution >= 0.6 is 11.3 Å². The lowest BCUT2D eigenvalue weighted by atomic mass is 9.81. The van der Waals surface area contributed by atoms with Crippen LogP contribution in [0.1, 0.15) is 68.0 Å². The number of nitrogens with one attached hydrogen (secondary N) is 1. The van der Waals surface area contributed by atoms with Crippen molar-refractivity contribution in [1.82, 2.24) is 15.3 Å². The molecule has 9 nitrogen and oxygen atoms in total. The average Bonchev–Trinajstić information content (AvgIpc) is 3.41. The fourth-order valence-corrected chi connectivity index (χ4v) is 5.64. The molecule has 1 aromatic heterocycles. The lowest BCUT2D eigenvalue weighted by molar-refractivity contribution is -0.148. The van der Waals surface area contributed by atoms with E-state index in [2.05, 4.69) is 10.4 Å². The van der Waals surface area contributed by atoms with Gasteiger partial charge >= 0.3 is 5.97 Å². The third kappa shape index (κ3) is 4.50. The second-order valence-electron chi connectivity index (χ2n) is 10.1. The quantitative estimate of drug-likeness (QED) is 0.300. The largest absolute Gasteiger partial charge is 0.496 e. The van der Waals surface area contributed by atoms with Gasteiger partial charge in [-0.2, -0.15) is 0 Å². The topological polar surface area (TPSA) is 135 Å². The van der Waals surface area contributed by atoms with Gasteiger partial charge in [0.15, 0.2) is 5.54 Å². The number of aromatic nitrogens is 1. The summed E-state index contributed by atoms with van der Waals surface area (Å²) < 4.78 is 5.58. The predicted octanol–water partition coefficient (Wildman–Crippen LogP) is 3.11. The molecular weight excluding hydrogens is 468 g/mol. The van der Waals surface area contributed by atoms with Crippen LogP contribution in [0.25, 0.3) is 0 Å². The van der Waals surface area contributed by atoms with Gasteiger partial charge in [-0.1, -0.05) is 40.7 Å². The van der Waals surface area contributed by atoms with Crippen LogP contribution in [0.2, 0.25) is 0 Å². The number of nitrogens with two attached hydrogens (primary N) is 1. The molecule has 1 saturated heterocycles. The minimum atomic E-state index is -1.96. The van der Waals surface area contributed by atoms with E-state index in [1.165, 1.54) is 23.3 Å². The Labute approximate surface area is 209 Å². The minimum absolute atomic E-state index is 0.00406. The van der Waals surface area contributed by atoms with Gasteiger partial charge in [-0.05, 0) is 35.4 Å². The number of carboxylic acid groups (broad SMARTS) is 1. The van der Waals surface area contributed by atoms with Gasteiger partial charge in [-0.3, -0.25) is 10.6 Å². The smallest absolute Gasteiger partial charge is 0.334 e. The monoisotopic (exact) mass is 500 g/mol. The van der Waals surface area contributed by atoms with Gasteiger partial charge in [-0.15, -0.1) is 11.3 Å². The van der Waals surface area contributed by atoms with Gasteiger partial charge in [0.1, 0.15) is 22.7 Å². The lowest BCUT2D eigenvalue weighted by Crippen LogP contribution is -2.55. The van der Waals surface area contributed by atoms with Crippen molar-refractivity contribution < 1.29 is 24.2 Å². The van der Waals surface area contributed by atoms with Crippen LogP contribution in [-0.4, -0.2) is 51.5 Å². The van der Waals surface area contributed by atoms with E-state index >= 15 is 0 Å². The maximum atomic E-state index is 14.2. The van der Waals surface area contributed by atoms with Crippen LogP contribution < -0.4 is 16.0 Å². The number of ether oxygens (including phenoxy) is 1. The SMILES string of the molecule is COc1cc(C(=O)N2[C@@H](c3nccs3)[C@H](NN)C(=C=O)[C@@]2(CC(C)C)C(=O)O)ccc1C(C)(C)C. The lowest BCUT2D eigenvalue weighted by Gasteiger charge is -2.38. The number of amides is 1. The molecule has 3 atom stereocenters. The molecule has 10 heteroatoms.